The second kappa shape index (κ2) is 4.83. The van der Waals surface area contributed by atoms with Crippen molar-refractivity contribution in [3.05, 3.63) is 32.2 Å². The Morgan fingerprint density at radius 1 is 1.40 bits per heavy atom. The second-order valence-corrected chi connectivity index (χ2v) is 5.45. The Labute approximate surface area is 97.2 Å². The minimum atomic E-state index is 0.868. The van der Waals surface area contributed by atoms with Crippen LogP contribution in [0.1, 0.15) is 20.6 Å². The Morgan fingerprint density at radius 3 is 2.93 bits per heavy atom. The van der Waals surface area contributed by atoms with E-state index in [1.165, 1.54) is 4.88 Å². The average Bonchev–Trinajstić information content (AvgIpc) is 2.78. The molecule has 0 aliphatic heterocycles. The van der Waals surface area contributed by atoms with Crippen LogP contribution < -0.4 is 5.32 Å². The molecule has 0 aliphatic rings. The van der Waals surface area contributed by atoms with Gasteiger partial charge in [0.05, 0.1) is 16.4 Å². The molecule has 2 aromatic rings. The molecule has 3 nitrogen and oxygen atoms in total. The Morgan fingerprint density at radius 2 is 2.27 bits per heavy atom. The van der Waals surface area contributed by atoms with Crippen molar-refractivity contribution < 1.29 is 0 Å². The van der Waals surface area contributed by atoms with Crippen LogP contribution in [0, 0.1) is 6.92 Å². The molecule has 5 heteroatoms. The minimum Gasteiger partial charge on any atom is -0.315 e. The standard InChI is InChI=1S/C10H13N3S2/c1-7-6-14-10(13-7)3-9-12-5-8(15-9)4-11-2/h5-6,11H,3-4H2,1-2H3. The van der Waals surface area contributed by atoms with Crippen LogP contribution in [0.15, 0.2) is 11.6 Å². The zero-order valence-corrected chi connectivity index (χ0v) is 10.4. The van der Waals surface area contributed by atoms with Crippen molar-refractivity contribution in [2.45, 2.75) is 19.9 Å². The fourth-order valence-electron chi connectivity index (χ4n) is 1.30. The number of hydrogen-bond donors (Lipinski definition) is 1. The van der Waals surface area contributed by atoms with E-state index in [1.807, 2.05) is 20.2 Å². The third kappa shape index (κ3) is 2.84. The quantitative estimate of drug-likeness (QED) is 0.889. The molecule has 1 N–H and O–H groups in total. The van der Waals surface area contributed by atoms with E-state index < -0.39 is 0 Å². The highest BCUT2D eigenvalue weighted by molar-refractivity contribution is 7.12. The SMILES string of the molecule is CNCc1cnc(Cc2nc(C)cs2)s1. The van der Waals surface area contributed by atoms with Gasteiger partial charge in [-0.25, -0.2) is 9.97 Å². The van der Waals surface area contributed by atoms with Gasteiger partial charge in [0.15, 0.2) is 0 Å². The molecule has 0 spiro atoms. The zero-order chi connectivity index (χ0) is 10.7. The number of aryl methyl sites for hydroxylation is 1. The number of nitrogens with zero attached hydrogens (tertiary/aromatic N) is 2. The maximum Gasteiger partial charge on any atom is 0.0996 e. The van der Waals surface area contributed by atoms with E-state index in [2.05, 4.69) is 20.7 Å². The Kier molecular flexibility index (Phi) is 3.45. The largest absolute Gasteiger partial charge is 0.315 e. The van der Waals surface area contributed by atoms with Crippen LogP contribution in [0.2, 0.25) is 0 Å². The van der Waals surface area contributed by atoms with Gasteiger partial charge in [0.25, 0.3) is 0 Å². The number of aromatic nitrogens is 2. The average molecular weight is 239 g/mol. The highest BCUT2D eigenvalue weighted by atomic mass is 32.1. The third-order valence-electron chi connectivity index (χ3n) is 1.92. The van der Waals surface area contributed by atoms with Crippen molar-refractivity contribution in [3.8, 4) is 0 Å². The van der Waals surface area contributed by atoms with Crippen molar-refractivity contribution >= 4 is 22.7 Å². The van der Waals surface area contributed by atoms with Crippen LogP contribution in [-0.4, -0.2) is 17.0 Å². The number of rotatable bonds is 4. The summed E-state index contributed by atoms with van der Waals surface area (Å²) in [4.78, 5) is 10.1. The molecule has 0 bridgehead atoms. The summed E-state index contributed by atoms with van der Waals surface area (Å²) in [5.74, 6) is 0. The second-order valence-electron chi connectivity index (χ2n) is 3.31. The fourth-order valence-corrected chi connectivity index (χ4v) is 3.11. The Balaban J connectivity index is 2.04. The summed E-state index contributed by atoms with van der Waals surface area (Å²) < 4.78 is 0. The van der Waals surface area contributed by atoms with E-state index in [0.717, 1.165) is 28.7 Å². The highest BCUT2D eigenvalue weighted by Gasteiger charge is 2.05. The third-order valence-corrected chi connectivity index (χ3v) is 3.89. The molecule has 0 amide bonds. The molecule has 0 aromatic carbocycles. The van der Waals surface area contributed by atoms with Crippen molar-refractivity contribution in [2.75, 3.05) is 7.05 Å². The summed E-state index contributed by atoms with van der Waals surface area (Å²) in [5, 5.41) is 7.50. The molecule has 0 radical (unpaired) electrons. The maximum atomic E-state index is 4.43. The van der Waals surface area contributed by atoms with Gasteiger partial charge in [-0.15, -0.1) is 22.7 Å². The van der Waals surface area contributed by atoms with Gasteiger partial charge in [-0.1, -0.05) is 0 Å². The monoisotopic (exact) mass is 239 g/mol. The summed E-state index contributed by atoms with van der Waals surface area (Å²) in [6, 6.07) is 0. The number of hydrogen-bond acceptors (Lipinski definition) is 5. The molecule has 0 aliphatic carbocycles. The lowest BCUT2D eigenvalue weighted by Crippen LogP contribution is -2.02. The summed E-state index contributed by atoms with van der Waals surface area (Å²) >= 11 is 3.46. The van der Waals surface area contributed by atoms with Crippen molar-refractivity contribution in [3.63, 3.8) is 0 Å². The molecule has 2 aromatic heterocycles. The molecular weight excluding hydrogens is 226 g/mol. The Bertz CT molecular complexity index is 433. The number of thiazole rings is 2. The van der Waals surface area contributed by atoms with Gasteiger partial charge in [0.1, 0.15) is 0 Å². The van der Waals surface area contributed by atoms with Crippen LogP contribution in [0.4, 0.5) is 0 Å². The first-order valence-corrected chi connectivity index (χ1v) is 6.46. The molecule has 80 valence electrons. The molecule has 0 atom stereocenters. The van der Waals surface area contributed by atoms with Crippen LogP contribution in [0.3, 0.4) is 0 Å². The van der Waals surface area contributed by atoms with Crippen molar-refractivity contribution in [1.29, 1.82) is 0 Å². The fraction of sp³-hybridized carbons (Fsp3) is 0.400. The van der Waals surface area contributed by atoms with E-state index in [0.29, 0.717) is 0 Å². The van der Waals surface area contributed by atoms with Gasteiger partial charge in [0, 0.05) is 28.7 Å². The van der Waals surface area contributed by atoms with Crippen LogP contribution >= 0.6 is 22.7 Å². The molecule has 2 heterocycles. The van der Waals surface area contributed by atoms with E-state index in [9.17, 15) is 0 Å². The molecule has 15 heavy (non-hydrogen) atoms. The molecular formula is C10H13N3S2. The van der Waals surface area contributed by atoms with Crippen LogP contribution in [-0.2, 0) is 13.0 Å². The summed E-state index contributed by atoms with van der Waals surface area (Å²) in [5.41, 5.74) is 1.10. The lowest BCUT2D eigenvalue weighted by atomic mass is 10.4. The van der Waals surface area contributed by atoms with Gasteiger partial charge in [-0.2, -0.15) is 0 Å². The van der Waals surface area contributed by atoms with Crippen LogP contribution in [0.25, 0.3) is 0 Å². The van der Waals surface area contributed by atoms with E-state index >= 15 is 0 Å². The topological polar surface area (TPSA) is 37.8 Å². The van der Waals surface area contributed by atoms with E-state index in [-0.39, 0.29) is 0 Å². The summed E-state index contributed by atoms with van der Waals surface area (Å²) in [6.07, 6.45) is 2.81. The van der Waals surface area contributed by atoms with Gasteiger partial charge in [-0.05, 0) is 14.0 Å². The predicted octanol–water partition coefficient (Wildman–Crippen LogP) is 2.22. The van der Waals surface area contributed by atoms with Gasteiger partial charge >= 0.3 is 0 Å². The summed E-state index contributed by atoms with van der Waals surface area (Å²) in [7, 11) is 1.95. The van der Waals surface area contributed by atoms with Crippen LogP contribution in [0.5, 0.6) is 0 Å². The molecule has 0 saturated carbocycles. The predicted molar refractivity (Wildman–Crippen MR) is 64.5 cm³/mol. The van der Waals surface area contributed by atoms with Gasteiger partial charge in [-0.3, -0.25) is 0 Å². The number of nitrogens with one attached hydrogen (secondary N) is 1. The molecule has 0 saturated heterocycles. The Hall–Kier alpha value is -0.780. The van der Waals surface area contributed by atoms with E-state index in [4.69, 9.17) is 0 Å². The van der Waals surface area contributed by atoms with Gasteiger partial charge < -0.3 is 5.32 Å². The molecule has 0 unspecified atom stereocenters. The smallest absolute Gasteiger partial charge is 0.0996 e. The molecule has 0 fully saturated rings. The summed E-state index contributed by atoms with van der Waals surface area (Å²) in [6.45, 7) is 2.92. The molecule has 2 rings (SSSR count). The normalized spacial score (nSPS) is 10.8. The lowest BCUT2D eigenvalue weighted by molar-refractivity contribution is 0.829. The van der Waals surface area contributed by atoms with Gasteiger partial charge in [0.2, 0.25) is 0 Å². The first-order valence-electron chi connectivity index (χ1n) is 4.77. The van der Waals surface area contributed by atoms with Crippen molar-refractivity contribution in [2.24, 2.45) is 0 Å². The highest BCUT2D eigenvalue weighted by Crippen LogP contribution is 2.18. The lowest BCUT2D eigenvalue weighted by Gasteiger charge is -1.91. The zero-order valence-electron chi connectivity index (χ0n) is 8.78. The first kappa shape index (κ1) is 10.7. The minimum absolute atomic E-state index is 0.868. The van der Waals surface area contributed by atoms with E-state index in [1.54, 1.807) is 22.7 Å². The van der Waals surface area contributed by atoms with Crippen molar-refractivity contribution in [1.82, 2.24) is 15.3 Å². The maximum absolute atomic E-state index is 4.43. The first-order chi connectivity index (χ1) is 7.28.